The first-order valence-electron chi connectivity index (χ1n) is 6.91. The van der Waals surface area contributed by atoms with Gasteiger partial charge in [-0.2, -0.15) is 13.2 Å². The third-order valence-electron chi connectivity index (χ3n) is 3.13. The standard InChI is InChI=1S/C12H23F3NO6PSi/c1-11(23(19,20-2)21-3,16-9(17)12(13,14)15)10(18)22-7-8-24(4,5)6/h7-8H2,1-6H3,(H,16,17). The minimum Gasteiger partial charge on any atom is -0.464 e. The first kappa shape index (κ1) is 23.1. The number of ether oxygens (including phenoxy) is 1. The van der Waals surface area contributed by atoms with Crippen LogP contribution in [0.4, 0.5) is 13.2 Å². The number of amides is 1. The Balaban J connectivity index is 5.52. The Morgan fingerprint density at radius 1 is 1.12 bits per heavy atom. The van der Waals surface area contributed by atoms with Crippen molar-refractivity contribution in [1.82, 2.24) is 5.32 Å². The number of nitrogens with one attached hydrogen (secondary N) is 1. The van der Waals surface area contributed by atoms with E-state index in [1.54, 1.807) is 0 Å². The number of hydrogen-bond acceptors (Lipinski definition) is 6. The first-order valence-corrected chi connectivity index (χ1v) is 12.2. The van der Waals surface area contributed by atoms with Crippen LogP contribution >= 0.6 is 7.60 Å². The van der Waals surface area contributed by atoms with Crippen LogP contribution in [0.5, 0.6) is 0 Å². The largest absolute Gasteiger partial charge is 0.471 e. The molecule has 0 bridgehead atoms. The number of esters is 1. The summed E-state index contributed by atoms with van der Waals surface area (Å²) in [7, 11) is -4.27. The number of carbonyl (C=O) groups is 2. The van der Waals surface area contributed by atoms with Crippen molar-refractivity contribution in [3.05, 3.63) is 0 Å². The molecule has 0 heterocycles. The molecule has 0 rings (SSSR count). The molecule has 1 amide bonds. The Labute approximate surface area is 139 Å². The maximum atomic E-state index is 12.5. The number of rotatable bonds is 8. The molecule has 1 unspecified atom stereocenters. The van der Waals surface area contributed by atoms with Crippen LogP contribution in [0.15, 0.2) is 0 Å². The number of hydrogen-bond donors (Lipinski definition) is 1. The molecule has 12 heteroatoms. The minimum atomic E-state index is -5.29. The second-order valence-electron chi connectivity index (χ2n) is 6.33. The summed E-state index contributed by atoms with van der Waals surface area (Å²) in [5.41, 5.74) is 0. The second kappa shape index (κ2) is 7.98. The van der Waals surface area contributed by atoms with Crippen LogP contribution in [0.1, 0.15) is 6.92 Å². The van der Waals surface area contributed by atoms with E-state index in [4.69, 9.17) is 4.74 Å². The first-order chi connectivity index (χ1) is 10.6. The third kappa shape index (κ3) is 5.87. The number of carbonyl (C=O) groups excluding carboxylic acids is 2. The molecule has 0 aliphatic heterocycles. The van der Waals surface area contributed by atoms with Gasteiger partial charge in [-0.3, -0.25) is 9.36 Å². The van der Waals surface area contributed by atoms with Crippen LogP contribution in [0.25, 0.3) is 0 Å². The minimum absolute atomic E-state index is 0.0839. The van der Waals surface area contributed by atoms with Crippen molar-refractivity contribution in [1.29, 1.82) is 0 Å². The van der Waals surface area contributed by atoms with Gasteiger partial charge in [-0.25, -0.2) is 4.79 Å². The van der Waals surface area contributed by atoms with E-state index in [1.165, 1.54) is 5.32 Å². The van der Waals surface area contributed by atoms with E-state index >= 15 is 0 Å². The van der Waals surface area contributed by atoms with Crippen molar-refractivity contribution < 1.29 is 41.1 Å². The lowest BCUT2D eigenvalue weighted by Gasteiger charge is -2.33. The molecular weight excluding hydrogens is 370 g/mol. The van der Waals surface area contributed by atoms with Crippen molar-refractivity contribution in [3.63, 3.8) is 0 Å². The third-order valence-corrected chi connectivity index (χ3v) is 7.18. The van der Waals surface area contributed by atoms with Crippen LogP contribution in [-0.4, -0.2) is 52.2 Å². The van der Waals surface area contributed by atoms with E-state index in [-0.39, 0.29) is 6.61 Å². The van der Waals surface area contributed by atoms with Crippen molar-refractivity contribution in [3.8, 4) is 0 Å². The summed E-state index contributed by atoms with van der Waals surface area (Å²) in [4.78, 5) is 23.5. The lowest BCUT2D eigenvalue weighted by atomic mass is 10.3. The van der Waals surface area contributed by atoms with Gasteiger partial charge < -0.3 is 19.1 Å². The van der Waals surface area contributed by atoms with Gasteiger partial charge in [0.15, 0.2) is 0 Å². The van der Waals surface area contributed by atoms with Gasteiger partial charge in [-0.15, -0.1) is 0 Å². The molecule has 0 aliphatic rings. The average Bonchev–Trinajstić information content (AvgIpc) is 2.43. The smallest absolute Gasteiger partial charge is 0.464 e. The maximum absolute atomic E-state index is 12.5. The number of alkyl halides is 3. The van der Waals surface area contributed by atoms with Crippen LogP contribution in [0.2, 0.25) is 25.7 Å². The highest BCUT2D eigenvalue weighted by Crippen LogP contribution is 2.58. The SMILES string of the molecule is COP(=O)(OC)C(C)(NC(=O)C(F)(F)F)C(=O)OCC[Si](C)(C)C. The van der Waals surface area contributed by atoms with Gasteiger partial charge in [0.25, 0.3) is 0 Å². The maximum Gasteiger partial charge on any atom is 0.471 e. The van der Waals surface area contributed by atoms with Crippen molar-refractivity contribution in [2.75, 3.05) is 20.8 Å². The highest BCUT2D eigenvalue weighted by atomic mass is 31.2. The molecule has 0 radical (unpaired) electrons. The Morgan fingerprint density at radius 2 is 1.58 bits per heavy atom. The van der Waals surface area contributed by atoms with E-state index in [0.29, 0.717) is 6.04 Å². The van der Waals surface area contributed by atoms with Crippen LogP contribution in [0.3, 0.4) is 0 Å². The van der Waals surface area contributed by atoms with Crippen molar-refractivity contribution >= 4 is 27.5 Å². The Kier molecular flexibility index (Phi) is 7.68. The van der Waals surface area contributed by atoms with Crippen LogP contribution < -0.4 is 5.32 Å². The molecule has 0 aromatic rings. The molecule has 0 fully saturated rings. The highest BCUT2D eigenvalue weighted by Gasteiger charge is 2.58. The van der Waals surface area contributed by atoms with Gasteiger partial charge in [-0.05, 0) is 13.0 Å². The Bertz CT molecular complexity index is 514. The summed E-state index contributed by atoms with van der Waals surface area (Å²) in [5, 5.41) is -1.25. The summed E-state index contributed by atoms with van der Waals surface area (Å²) in [6.45, 7) is 6.72. The zero-order chi connectivity index (χ0) is 19.4. The van der Waals surface area contributed by atoms with Crippen molar-refractivity contribution in [2.24, 2.45) is 0 Å². The number of halogens is 3. The summed E-state index contributed by atoms with van der Waals surface area (Å²) in [6, 6.07) is 0.534. The zero-order valence-corrected chi connectivity index (χ0v) is 16.3. The van der Waals surface area contributed by atoms with Gasteiger partial charge in [0.1, 0.15) is 0 Å². The topological polar surface area (TPSA) is 90.9 Å². The van der Waals surface area contributed by atoms with E-state index < -0.39 is 39.0 Å². The van der Waals surface area contributed by atoms with Gasteiger partial charge in [0.05, 0.1) is 6.61 Å². The normalized spacial score (nSPS) is 15.5. The molecule has 0 aliphatic carbocycles. The zero-order valence-electron chi connectivity index (χ0n) is 14.4. The lowest BCUT2D eigenvalue weighted by Crippen LogP contribution is -2.56. The fourth-order valence-corrected chi connectivity index (χ4v) is 3.67. The summed E-state index contributed by atoms with van der Waals surface area (Å²) in [6.07, 6.45) is -5.29. The fraction of sp³-hybridized carbons (Fsp3) is 0.833. The molecule has 7 nitrogen and oxygen atoms in total. The predicted molar refractivity (Wildman–Crippen MR) is 83.3 cm³/mol. The molecule has 24 heavy (non-hydrogen) atoms. The second-order valence-corrected chi connectivity index (χ2v) is 14.6. The van der Waals surface area contributed by atoms with Crippen LogP contribution in [0, 0.1) is 0 Å². The summed E-state index contributed by atoms with van der Waals surface area (Å²) < 4.78 is 64.2. The summed E-state index contributed by atoms with van der Waals surface area (Å²) >= 11 is 0. The Hall–Kier alpha value is -0.903. The molecule has 0 saturated heterocycles. The monoisotopic (exact) mass is 393 g/mol. The average molecular weight is 393 g/mol. The predicted octanol–water partition coefficient (Wildman–Crippen LogP) is 2.75. The molecule has 1 atom stereocenters. The van der Waals surface area contributed by atoms with Gasteiger partial charge in [0.2, 0.25) is 5.28 Å². The van der Waals surface area contributed by atoms with Crippen molar-refractivity contribution in [2.45, 2.75) is 44.1 Å². The molecular formula is C12H23F3NO6PSi. The molecule has 0 saturated carbocycles. The molecule has 0 aromatic carbocycles. The van der Waals surface area contributed by atoms with E-state index in [0.717, 1.165) is 21.1 Å². The van der Waals surface area contributed by atoms with Gasteiger partial charge >= 0.3 is 25.6 Å². The lowest BCUT2D eigenvalue weighted by molar-refractivity contribution is -0.176. The molecule has 1 N–H and O–H groups in total. The van der Waals surface area contributed by atoms with Gasteiger partial charge in [-0.1, -0.05) is 19.6 Å². The Morgan fingerprint density at radius 3 is 1.92 bits per heavy atom. The molecule has 0 aromatic heterocycles. The summed E-state index contributed by atoms with van der Waals surface area (Å²) in [5.74, 6) is -3.79. The van der Waals surface area contributed by atoms with E-state index in [1.807, 2.05) is 19.6 Å². The fourth-order valence-electron chi connectivity index (χ4n) is 1.55. The quantitative estimate of drug-likeness (QED) is 0.387. The van der Waals surface area contributed by atoms with E-state index in [2.05, 4.69) is 9.05 Å². The highest BCUT2D eigenvalue weighted by molar-refractivity contribution is 7.56. The molecule has 142 valence electrons. The van der Waals surface area contributed by atoms with Gasteiger partial charge in [0, 0.05) is 22.3 Å². The van der Waals surface area contributed by atoms with E-state index in [9.17, 15) is 27.3 Å². The molecule has 0 spiro atoms. The van der Waals surface area contributed by atoms with Crippen LogP contribution in [-0.2, 0) is 27.9 Å².